The van der Waals surface area contributed by atoms with Gasteiger partial charge >= 0.3 is 0 Å². The molecule has 0 aliphatic carbocycles. The first-order chi connectivity index (χ1) is 11.0. The van der Waals surface area contributed by atoms with E-state index in [1.807, 2.05) is 56.3 Å². The smallest absolute Gasteiger partial charge is 0.265 e. The number of carbonyl (C=O) groups excluding carboxylic acids is 1. The normalized spacial score (nSPS) is 11.8. The number of hydrogen-bond donors (Lipinski definition) is 1. The third-order valence-corrected chi connectivity index (χ3v) is 4.63. The summed E-state index contributed by atoms with van der Waals surface area (Å²) >= 11 is 1.71. The highest BCUT2D eigenvalue weighted by Gasteiger charge is 2.17. The Kier molecular flexibility index (Phi) is 6.11. The Morgan fingerprint density at radius 3 is 2.65 bits per heavy atom. The van der Waals surface area contributed by atoms with Gasteiger partial charge in [0.2, 0.25) is 0 Å². The van der Waals surface area contributed by atoms with Gasteiger partial charge in [0.15, 0.2) is 6.10 Å². The first-order valence-electron chi connectivity index (χ1n) is 7.78. The Labute approximate surface area is 142 Å². The van der Waals surface area contributed by atoms with Crippen LogP contribution in [-0.2, 0) is 4.79 Å². The second-order valence-electron chi connectivity index (χ2n) is 5.38. The first-order valence-corrected chi connectivity index (χ1v) is 8.77. The average molecular weight is 329 g/mol. The lowest BCUT2D eigenvalue weighted by molar-refractivity contribution is -0.122. The Morgan fingerprint density at radius 2 is 1.91 bits per heavy atom. The van der Waals surface area contributed by atoms with Crippen molar-refractivity contribution in [2.45, 2.75) is 38.7 Å². The van der Waals surface area contributed by atoms with Crippen molar-refractivity contribution in [3.8, 4) is 5.75 Å². The van der Waals surface area contributed by atoms with Crippen LogP contribution in [0.3, 0.4) is 0 Å². The maximum absolute atomic E-state index is 12.4. The standard InChI is InChI=1S/C19H23NO2S/c1-5-23-18-12-7-6-10-16(18)20-19(21)15(4)22-17-11-8-9-13(2)14(17)3/h6-12,15H,5H2,1-4H3,(H,20,21)/t15-/m0/s1. The quantitative estimate of drug-likeness (QED) is 0.772. The van der Waals surface area contributed by atoms with E-state index in [9.17, 15) is 4.79 Å². The summed E-state index contributed by atoms with van der Waals surface area (Å²) in [7, 11) is 0. The number of para-hydroxylation sites is 1. The summed E-state index contributed by atoms with van der Waals surface area (Å²) in [6.07, 6.45) is -0.560. The third kappa shape index (κ3) is 4.52. The SMILES string of the molecule is CCSc1ccccc1NC(=O)[C@H](C)Oc1cccc(C)c1C. The summed E-state index contributed by atoms with van der Waals surface area (Å²) in [6, 6.07) is 13.7. The van der Waals surface area contributed by atoms with Crippen LogP contribution in [0.25, 0.3) is 0 Å². The molecule has 1 atom stereocenters. The number of anilines is 1. The van der Waals surface area contributed by atoms with Gasteiger partial charge in [-0.15, -0.1) is 11.8 Å². The summed E-state index contributed by atoms with van der Waals surface area (Å²) in [5.74, 6) is 1.57. The van der Waals surface area contributed by atoms with Gasteiger partial charge in [0, 0.05) is 4.90 Å². The van der Waals surface area contributed by atoms with E-state index in [0.717, 1.165) is 33.2 Å². The van der Waals surface area contributed by atoms with Gasteiger partial charge in [0.05, 0.1) is 5.69 Å². The fourth-order valence-electron chi connectivity index (χ4n) is 2.18. The highest BCUT2D eigenvalue weighted by Crippen LogP contribution is 2.27. The molecule has 122 valence electrons. The Hall–Kier alpha value is -1.94. The van der Waals surface area contributed by atoms with E-state index in [-0.39, 0.29) is 5.91 Å². The van der Waals surface area contributed by atoms with Crippen molar-refractivity contribution in [3.05, 3.63) is 53.6 Å². The second kappa shape index (κ2) is 8.06. The molecule has 0 saturated carbocycles. The molecule has 0 aromatic heterocycles. The van der Waals surface area contributed by atoms with Crippen LogP contribution in [0, 0.1) is 13.8 Å². The zero-order chi connectivity index (χ0) is 16.8. The lowest BCUT2D eigenvalue weighted by Gasteiger charge is -2.18. The maximum atomic E-state index is 12.4. The number of aryl methyl sites for hydroxylation is 1. The van der Waals surface area contributed by atoms with Gasteiger partial charge in [-0.1, -0.05) is 31.2 Å². The van der Waals surface area contributed by atoms with Crippen LogP contribution in [-0.4, -0.2) is 17.8 Å². The largest absolute Gasteiger partial charge is 0.481 e. The van der Waals surface area contributed by atoms with Crippen LogP contribution in [0.5, 0.6) is 5.75 Å². The highest BCUT2D eigenvalue weighted by molar-refractivity contribution is 7.99. The van der Waals surface area contributed by atoms with Gasteiger partial charge in [0.25, 0.3) is 5.91 Å². The zero-order valence-electron chi connectivity index (χ0n) is 14.1. The predicted octanol–water partition coefficient (Wildman–Crippen LogP) is 4.82. The molecule has 1 N–H and O–H groups in total. The van der Waals surface area contributed by atoms with E-state index in [2.05, 4.69) is 12.2 Å². The second-order valence-corrected chi connectivity index (χ2v) is 6.68. The van der Waals surface area contributed by atoms with E-state index in [1.165, 1.54) is 0 Å². The number of carbonyl (C=O) groups is 1. The molecule has 0 aliphatic rings. The number of amides is 1. The summed E-state index contributed by atoms with van der Waals surface area (Å²) < 4.78 is 5.84. The molecule has 2 aromatic rings. The molecular formula is C19H23NO2S. The fraction of sp³-hybridized carbons (Fsp3) is 0.316. The summed E-state index contributed by atoms with van der Waals surface area (Å²) in [4.78, 5) is 13.5. The molecule has 0 aliphatic heterocycles. The molecule has 0 spiro atoms. The van der Waals surface area contributed by atoms with Crippen molar-refractivity contribution in [3.63, 3.8) is 0 Å². The summed E-state index contributed by atoms with van der Waals surface area (Å²) in [5.41, 5.74) is 3.05. The van der Waals surface area contributed by atoms with E-state index < -0.39 is 6.10 Å². The fourth-order valence-corrected chi connectivity index (χ4v) is 2.94. The number of ether oxygens (including phenoxy) is 1. The summed E-state index contributed by atoms with van der Waals surface area (Å²) in [5, 5.41) is 2.96. The van der Waals surface area contributed by atoms with Crippen molar-refractivity contribution in [1.82, 2.24) is 0 Å². The molecular weight excluding hydrogens is 306 g/mol. The van der Waals surface area contributed by atoms with Gasteiger partial charge in [-0.05, 0) is 55.9 Å². The van der Waals surface area contributed by atoms with Crippen LogP contribution >= 0.6 is 11.8 Å². The number of hydrogen-bond acceptors (Lipinski definition) is 3. The molecule has 0 saturated heterocycles. The molecule has 0 heterocycles. The van der Waals surface area contributed by atoms with E-state index in [1.54, 1.807) is 18.7 Å². The highest BCUT2D eigenvalue weighted by atomic mass is 32.2. The molecule has 3 nitrogen and oxygen atoms in total. The number of rotatable bonds is 6. The van der Waals surface area contributed by atoms with Gasteiger partial charge in [0.1, 0.15) is 5.75 Å². The average Bonchev–Trinajstić information content (AvgIpc) is 2.54. The molecule has 4 heteroatoms. The molecule has 2 aromatic carbocycles. The Bertz CT molecular complexity index is 685. The lowest BCUT2D eigenvalue weighted by atomic mass is 10.1. The Balaban J connectivity index is 2.07. The van der Waals surface area contributed by atoms with Crippen molar-refractivity contribution < 1.29 is 9.53 Å². The van der Waals surface area contributed by atoms with E-state index in [4.69, 9.17) is 4.74 Å². The molecule has 0 radical (unpaired) electrons. The van der Waals surface area contributed by atoms with Gasteiger partial charge in [-0.25, -0.2) is 0 Å². The van der Waals surface area contributed by atoms with E-state index >= 15 is 0 Å². The maximum Gasteiger partial charge on any atom is 0.265 e. The molecule has 0 fully saturated rings. The van der Waals surface area contributed by atoms with Crippen LogP contribution < -0.4 is 10.1 Å². The molecule has 23 heavy (non-hydrogen) atoms. The predicted molar refractivity (Wildman–Crippen MR) is 97.5 cm³/mol. The molecule has 2 rings (SSSR count). The first kappa shape index (κ1) is 17.4. The minimum Gasteiger partial charge on any atom is -0.481 e. The van der Waals surface area contributed by atoms with Crippen LogP contribution in [0.1, 0.15) is 25.0 Å². The monoisotopic (exact) mass is 329 g/mol. The zero-order valence-corrected chi connectivity index (χ0v) is 14.9. The van der Waals surface area contributed by atoms with E-state index in [0.29, 0.717) is 0 Å². The van der Waals surface area contributed by atoms with Crippen LogP contribution in [0.2, 0.25) is 0 Å². The Morgan fingerprint density at radius 1 is 1.17 bits per heavy atom. The molecule has 0 unspecified atom stereocenters. The van der Waals surface area contributed by atoms with Crippen molar-refractivity contribution in [2.75, 3.05) is 11.1 Å². The lowest BCUT2D eigenvalue weighted by Crippen LogP contribution is -2.30. The molecule has 1 amide bonds. The van der Waals surface area contributed by atoms with Crippen molar-refractivity contribution in [2.24, 2.45) is 0 Å². The van der Waals surface area contributed by atoms with Gasteiger partial charge in [-0.3, -0.25) is 4.79 Å². The minimum atomic E-state index is -0.560. The number of nitrogens with one attached hydrogen (secondary N) is 1. The van der Waals surface area contributed by atoms with Gasteiger partial charge < -0.3 is 10.1 Å². The van der Waals surface area contributed by atoms with Gasteiger partial charge in [-0.2, -0.15) is 0 Å². The molecule has 0 bridgehead atoms. The summed E-state index contributed by atoms with van der Waals surface area (Å²) in [6.45, 7) is 7.90. The minimum absolute atomic E-state index is 0.143. The third-order valence-electron chi connectivity index (χ3n) is 3.67. The topological polar surface area (TPSA) is 38.3 Å². The van der Waals surface area contributed by atoms with Crippen molar-refractivity contribution >= 4 is 23.4 Å². The number of benzene rings is 2. The number of thioether (sulfide) groups is 1. The van der Waals surface area contributed by atoms with Crippen LogP contribution in [0.4, 0.5) is 5.69 Å². The van der Waals surface area contributed by atoms with Crippen molar-refractivity contribution in [1.29, 1.82) is 0 Å². The van der Waals surface area contributed by atoms with Crippen LogP contribution in [0.15, 0.2) is 47.4 Å².